The largest absolute Gasteiger partial charge is 0.484 e. The van der Waals surface area contributed by atoms with Crippen molar-refractivity contribution in [1.29, 1.82) is 0 Å². The minimum Gasteiger partial charge on any atom is -0.484 e. The lowest BCUT2D eigenvalue weighted by atomic mass is 10.00. The fourth-order valence-electron chi connectivity index (χ4n) is 2.77. The Morgan fingerprint density at radius 2 is 1.71 bits per heavy atom. The van der Waals surface area contributed by atoms with Crippen molar-refractivity contribution in [1.82, 2.24) is 5.32 Å². The van der Waals surface area contributed by atoms with Gasteiger partial charge in [-0.15, -0.1) is 0 Å². The van der Waals surface area contributed by atoms with Crippen LogP contribution in [0.5, 0.6) is 5.75 Å². The van der Waals surface area contributed by atoms with E-state index in [1.807, 2.05) is 62.4 Å². The first-order chi connectivity index (χ1) is 11.6. The van der Waals surface area contributed by atoms with Gasteiger partial charge in [-0.25, -0.2) is 0 Å². The summed E-state index contributed by atoms with van der Waals surface area (Å²) in [5.41, 5.74) is 2.27. The summed E-state index contributed by atoms with van der Waals surface area (Å²) in [6.45, 7) is 4.02. The maximum atomic E-state index is 12.2. The van der Waals surface area contributed by atoms with Gasteiger partial charge in [0.2, 0.25) is 0 Å². The van der Waals surface area contributed by atoms with E-state index >= 15 is 0 Å². The van der Waals surface area contributed by atoms with Crippen molar-refractivity contribution in [3.8, 4) is 5.75 Å². The molecule has 1 atom stereocenters. The van der Waals surface area contributed by atoms with Gasteiger partial charge < -0.3 is 10.1 Å². The topological polar surface area (TPSA) is 38.3 Å². The SMILES string of the molecule is Cc1ccc(OCC(=O)NC(C)c2cccc3ccccc23)cc1. The van der Waals surface area contributed by atoms with Crippen molar-refractivity contribution in [3.63, 3.8) is 0 Å². The van der Waals surface area contributed by atoms with Crippen molar-refractivity contribution in [3.05, 3.63) is 77.9 Å². The van der Waals surface area contributed by atoms with Crippen molar-refractivity contribution in [2.75, 3.05) is 6.61 Å². The second kappa shape index (κ2) is 7.18. The molecule has 0 radical (unpaired) electrons. The zero-order valence-electron chi connectivity index (χ0n) is 14.0. The van der Waals surface area contributed by atoms with Crippen LogP contribution in [0.1, 0.15) is 24.1 Å². The monoisotopic (exact) mass is 319 g/mol. The molecule has 0 aliphatic rings. The zero-order chi connectivity index (χ0) is 16.9. The summed E-state index contributed by atoms with van der Waals surface area (Å²) in [4.78, 5) is 12.2. The van der Waals surface area contributed by atoms with Gasteiger partial charge in [0.05, 0.1) is 6.04 Å². The Bertz CT molecular complexity index is 835. The summed E-state index contributed by atoms with van der Waals surface area (Å²) in [6, 6.07) is 21.9. The highest BCUT2D eigenvalue weighted by atomic mass is 16.5. The highest BCUT2D eigenvalue weighted by molar-refractivity contribution is 5.87. The molecule has 0 bridgehead atoms. The fraction of sp³-hybridized carbons (Fsp3) is 0.190. The number of fused-ring (bicyclic) bond motifs is 1. The molecule has 0 saturated heterocycles. The minimum atomic E-state index is -0.129. The number of rotatable bonds is 5. The third-order valence-corrected chi connectivity index (χ3v) is 4.06. The molecule has 0 aliphatic heterocycles. The predicted molar refractivity (Wildman–Crippen MR) is 97.2 cm³/mol. The standard InChI is InChI=1S/C21H21NO2/c1-15-10-12-18(13-11-15)24-14-21(23)22-16(2)19-9-5-7-17-6-3-4-8-20(17)19/h3-13,16H,14H2,1-2H3,(H,22,23). The first-order valence-electron chi connectivity index (χ1n) is 8.10. The molecular weight excluding hydrogens is 298 g/mol. The molecule has 0 saturated carbocycles. The van der Waals surface area contributed by atoms with Crippen molar-refractivity contribution < 1.29 is 9.53 Å². The summed E-state index contributed by atoms with van der Waals surface area (Å²) in [6.07, 6.45) is 0. The minimum absolute atomic E-state index is 0.0121. The Morgan fingerprint density at radius 3 is 2.50 bits per heavy atom. The number of aryl methyl sites for hydroxylation is 1. The van der Waals surface area contributed by atoms with Crippen LogP contribution < -0.4 is 10.1 Å². The lowest BCUT2D eigenvalue weighted by Gasteiger charge is -2.17. The third-order valence-electron chi connectivity index (χ3n) is 4.06. The lowest BCUT2D eigenvalue weighted by Crippen LogP contribution is -2.31. The first kappa shape index (κ1) is 16.1. The number of carbonyl (C=O) groups excluding carboxylic acids is 1. The highest BCUT2D eigenvalue weighted by Gasteiger charge is 2.12. The molecule has 0 aliphatic carbocycles. The fourth-order valence-corrected chi connectivity index (χ4v) is 2.77. The van der Waals surface area contributed by atoms with E-state index in [9.17, 15) is 4.79 Å². The van der Waals surface area contributed by atoms with Gasteiger partial charge in [0.15, 0.2) is 6.61 Å². The van der Waals surface area contributed by atoms with E-state index in [-0.39, 0.29) is 18.6 Å². The molecule has 3 aromatic rings. The molecular formula is C21H21NO2. The summed E-state index contributed by atoms with van der Waals surface area (Å²) < 4.78 is 5.53. The quantitative estimate of drug-likeness (QED) is 0.757. The van der Waals surface area contributed by atoms with Crippen LogP contribution in [-0.2, 0) is 4.79 Å². The maximum Gasteiger partial charge on any atom is 0.258 e. The van der Waals surface area contributed by atoms with E-state index in [2.05, 4.69) is 23.5 Å². The maximum absolute atomic E-state index is 12.2. The summed E-state index contributed by atoms with van der Waals surface area (Å²) in [5, 5.41) is 5.34. The number of hydrogen-bond acceptors (Lipinski definition) is 2. The molecule has 1 N–H and O–H groups in total. The Balaban J connectivity index is 1.64. The first-order valence-corrected chi connectivity index (χ1v) is 8.10. The zero-order valence-corrected chi connectivity index (χ0v) is 14.0. The molecule has 3 nitrogen and oxygen atoms in total. The van der Waals surface area contributed by atoms with Crippen LogP contribution in [0.2, 0.25) is 0 Å². The molecule has 0 spiro atoms. The highest BCUT2D eigenvalue weighted by Crippen LogP contribution is 2.24. The number of carbonyl (C=O) groups is 1. The van der Waals surface area contributed by atoms with Gasteiger partial charge in [-0.2, -0.15) is 0 Å². The van der Waals surface area contributed by atoms with Crippen LogP contribution >= 0.6 is 0 Å². The van der Waals surface area contributed by atoms with Gasteiger partial charge >= 0.3 is 0 Å². The molecule has 0 aromatic heterocycles. The van der Waals surface area contributed by atoms with Crippen LogP contribution in [0.4, 0.5) is 0 Å². The second-order valence-electron chi connectivity index (χ2n) is 5.96. The molecule has 0 heterocycles. The molecule has 1 unspecified atom stereocenters. The molecule has 1 amide bonds. The molecule has 24 heavy (non-hydrogen) atoms. The number of ether oxygens (including phenoxy) is 1. The number of amides is 1. The Hall–Kier alpha value is -2.81. The van der Waals surface area contributed by atoms with Crippen LogP contribution in [0.15, 0.2) is 66.7 Å². The van der Waals surface area contributed by atoms with E-state index in [0.717, 1.165) is 16.5 Å². The Kier molecular flexibility index (Phi) is 4.80. The summed E-state index contributed by atoms with van der Waals surface area (Å²) >= 11 is 0. The number of hydrogen-bond donors (Lipinski definition) is 1. The van der Waals surface area contributed by atoms with E-state index in [1.165, 1.54) is 5.39 Å². The molecule has 3 aromatic carbocycles. The lowest BCUT2D eigenvalue weighted by molar-refractivity contribution is -0.123. The Morgan fingerprint density at radius 1 is 1.00 bits per heavy atom. The van der Waals surface area contributed by atoms with Crippen LogP contribution in [0.25, 0.3) is 10.8 Å². The summed E-state index contributed by atoms with van der Waals surface area (Å²) in [5.74, 6) is 0.574. The van der Waals surface area contributed by atoms with Gasteiger partial charge in [0, 0.05) is 0 Å². The second-order valence-corrected chi connectivity index (χ2v) is 5.96. The molecule has 122 valence electrons. The predicted octanol–water partition coefficient (Wildman–Crippen LogP) is 4.40. The van der Waals surface area contributed by atoms with Gasteiger partial charge in [0.1, 0.15) is 5.75 Å². The van der Waals surface area contributed by atoms with Crippen LogP contribution in [-0.4, -0.2) is 12.5 Å². The van der Waals surface area contributed by atoms with E-state index in [4.69, 9.17) is 4.74 Å². The number of benzene rings is 3. The average Bonchev–Trinajstić information content (AvgIpc) is 2.60. The Labute approximate surface area is 142 Å². The van der Waals surface area contributed by atoms with Gasteiger partial charge in [0.25, 0.3) is 5.91 Å². The van der Waals surface area contributed by atoms with Crippen LogP contribution in [0.3, 0.4) is 0 Å². The van der Waals surface area contributed by atoms with Crippen LogP contribution in [0, 0.1) is 6.92 Å². The number of nitrogens with one attached hydrogen (secondary N) is 1. The molecule has 3 heteroatoms. The smallest absolute Gasteiger partial charge is 0.258 e. The van der Waals surface area contributed by atoms with Gasteiger partial charge in [-0.3, -0.25) is 4.79 Å². The summed E-state index contributed by atoms with van der Waals surface area (Å²) in [7, 11) is 0. The van der Waals surface area contributed by atoms with Gasteiger partial charge in [-0.1, -0.05) is 60.2 Å². The normalized spacial score (nSPS) is 11.9. The molecule has 3 rings (SSSR count). The van der Waals surface area contributed by atoms with Crippen molar-refractivity contribution in [2.45, 2.75) is 19.9 Å². The van der Waals surface area contributed by atoms with Crippen molar-refractivity contribution in [2.24, 2.45) is 0 Å². The van der Waals surface area contributed by atoms with E-state index in [0.29, 0.717) is 5.75 Å². The van der Waals surface area contributed by atoms with E-state index in [1.54, 1.807) is 0 Å². The average molecular weight is 319 g/mol. The van der Waals surface area contributed by atoms with Gasteiger partial charge in [-0.05, 0) is 42.3 Å². The molecule has 0 fully saturated rings. The third kappa shape index (κ3) is 3.74. The van der Waals surface area contributed by atoms with E-state index < -0.39 is 0 Å². The van der Waals surface area contributed by atoms with Crippen molar-refractivity contribution >= 4 is 16.7 Å².